The highest BCUT2D eigenvalue weighted by Crippen LogP contribution is 2.19. The average molecular weight is 314 g/mol. The Morgan fingerprint density at radius 2 is 1.22 bits per heavy atom. The van der Waals surface area contributed by atoms with Gasteiger partial charge in [0, 0.05) is 31.9 Å². The molecule has 0 atom stereocenters. The second-order valence-electron chi connectivity index (χ2n) is 5.09. The third-order valence-corrected chi connectivity index (χ3v) is 3.73. The average Bonchev–Trinajstić information content (AvgIpc) is 2.58. The van der Waals surface area contributed by atoms with Crippen LogP contribution < -0.4 is 15.1 Å². The number of hydrogen-bond acceptors (Lipinski definition) is 6. The molecule has 23 heavy (non-hydrogen) atoms. The van der Waals surface area contributed by atoms with Crippen molar-refractivity contribution in [1.82, 2.24) is 15.0 Å². The van der Waals surface area contributed by atoms with Crippen molar-refractivity contribution in [3.8, 4) is 0 Å². The van der Waals surface area contributed by atoms with Gasteiger partial charge in [0.25, 0.3) is 0 Å². The van der Waals surface area contributed by atoms with Crippen LogP contribution in [0.25, 0.3) is 0 Å². The molecule has 124 valence electrons. The van der Waals surface area contributed by atoms with E-state index in [0.29, 0.717) is 17.8 Å². The van der Waals surface area contributed by atoms with E-state index in [-0.39, 0.29) is 0 Å². The fourth-order valence-corrected chi connectivity index (χ4v) is 2.36. The minimum Gasteiger partial charge on any atom is -0.341 e. The Morgan fingerprint density at radius 1 is 0.739 bits per heavy atom. The summed E-state index contributed by atoms with van der Waals surface area (Å²) in [5, 5.41) is 3.28. The molecule has 0 bridgehead atoms. The number of nitrogens with one attached hydrogen (secondary N) is 1. The van der Waals surface area contributed by atoms with Gasteiger partial charge in [0.05, 0.1) is 0 Å². The molecular weight excluding hydrogens is 288 g/mol. The van der Waals surface area contributed by atoms with E-state index < -0.39 is 0 Å². The van der Waals surface area contributed by atoms with Gasteiger partial charge in [-0.2, -0.15) is 15.0 Å². The van der Waals surface area contributed by atoms with Crippen molar-refractivity contribution < 1.29 is 0 Å². The number of nitrogens with zero attached hydrogens (tertiary/aromatic N) is 5. The van der Waals surface area contributed by atoms with Crippen molar-refractivity contribution in [2.75, 3.05) is 41.3 Å². The van der Waals surface area contributed by atoms with Gasteiger partial charge in [-0.3, -0.25) is 0 Å². The summed E-state index contributed by atoms with van der Waals surface area (Å²) in [5.74, 6) is 2.01. The van der Waals surface area contributed by atoms with E-state index in [9.17, 15) is 0 Å². The summed E-state index contributed by atoms with van der Waals surface area (Å²) in [4.78, 5) is 18.1. The second-order valence-corrected chi connectivity index (χ2v) is 5.09. The van der Waals surface area contributed by atoms with Crippen LogP contribution in [0.3, 0.4) is 0 Å². The van der Waals surface area contributed by atoms with E-state index in [1.165, 1.54) is 0 Å². The molecule has 1 N–H and O–H groups in total. The van der Waals surface area contributed by atoms with Crippen molar-refractivity contribution in [2.45, 2.75) is 27.7 Å². The molecule has 6 heteroatoms. The summed E-state index contributed by atoms with van der Waals surface area (Å²) in [6.07, 6.45) is 0. The number of rotatable bonds is 8. The van der Waals surface area contributed by atoms with E-state index in [0.717, 1.165) is 31.9 Å². The summed E-state index contributed by atoms with van der Waals surface area (Å²) < 4.78 is 0. The van der Waals surface area contributed by atoms with Crippen LogP contribution in [0.1, 0.15) is 27.7 Å². The minimum absolute atomic E-state index is 0.579. The zero-order chi connectivity index (χ0) is 16.7. The van der Waals surface area contributed by atoms with Gasteiger partial charge in [0.1, 0.15) is 0 Å². The van der Waals surface area contributed by atoms with Gasteiger partial charge in [0.2, 0.25) is 17.8 Å². The molecule has 0 aliphatic heterocycles. The predicted molar refractivity (Wildman–Crippen MR) is 96.7 cm³/mol. The van der Waals surface area contributed by atoms with E-state index >= 15 is 0 Å². The summed E-state index contributed by atoms with van der Waals surface area (Å²) in [7, 11) is 0. The Kier molecular flexibility index (Phi) is 6.14. The van der Waals surface area contributed by atoms with Crippen LogP contribution >= 0.6 is 0 Å². The van der Waals surface area contributed by atoms with Crippen LogP contribution in [0.4, 0.5) is 23.5 Å². The van der Waals surface area contributed by atoms with Crippen LogP contribution in [-0.4, -0.2) is 41.1 Å². The van der Waals surface area contributed by atoms with E-state index in [1.54, 1.807) is 0 Å². The van der Waals surface area contributed by atoms with Gasteiger partial charge >= 0.3 is 0 Å². The van der Waals surface area contributed by atoms with Crippen LogP contribution in [0, 0.1) is 0 Å². The normalized spacial score (nSPS) is 10.4. The van der Waals surface area contributed by atoms with Crippen molar-refractivity contribution in [3.63, 3.8) is 0 Å². The number of aromatic nitrogens is 3. The zero-order valence-corrected chi connectivity index (χ0v) is 14.5. The summed E-state index contributed by atoms with van der Waals surface area (Å²) >= 11 is 0. The van der Waals surface area contributed by atoms with Crippen LogP contribution in [0.5, 0.6) is 0 Å². The number of para-hydroxylation sites is 1. The van der Waals surface area contributed by atoms with Gasteiger partial charge in [-0.15, -0.1) is 0 Å². The molecule has 0 unspecified atom stereocenters. The number of anilines is 4. The molecule has 1 aromatic carbocycles. The molecule has 0 aliphatic rings. The fraction of sp³-hybridized carbons (Fsp3) is 0.471. The van der Waals surface area contributed by atoms with Gasteiger partial charge in [-0.25, -0.2) is 0 Å². The first kappa shape index (κ1) is 17.0. The van der Waals surface area contributed by atoms with Gasteiger partial charge < -0.3 is 15.1 Å². The first-order valence-electron chi connectivity index (χ1n) is 8.29. The molecule has 0 amide bonds. The standard InChI is InChI=1S/C17H26N6/c1-5-22(6-2)16-19-15(18-14-12-10-9-11-13-14)20-17(21-16)23(7-3)8-4/h9-13H,5-8H2,1-4H3,(H,18,19,20,21). The van der Waals surface area contributed by atoms with E-state index in [1.807, 2.05) is 30.3 Å². The molecule has 2 aromatic rings. The monoisotopic (exact) mass is 314 g/mol. The Bertz CT molecular complexity index is 563. The molecule has 0 saturated carbocycles. The van der Waals surface area contributed by atoms with Gasteiger partial charge in [0.15, 0.2) is 0 Å². The zero-order valence-electron chi connectivity index (χ0n) is 14.5. The first-order chi connectivity index (χ1) is 11.2. The molecule has 1 heterocycles. The molecule has 0 fully saturated rings. The SMILES string of the molecule is CCN(CC)c1nc(Nc2ccccc2)nc(N(CC)CC)n1. The molecule has 0 aliphatic carbocycles. The number of benzene rings is 1. The predicted octanol–water partition coefficient (Wildman–Crippen LogP) is 3.31. The molecule has 6 nitrogen and oxygen atoms in total. The third-order valence-electron chi connectivity index (χ3n) is 3.73. The van der Waals surface area contributed by atoms with Crippen molar-refractivity contribution in [3.05, 3.63) is 30.3 Å². The Balaban J connectivity index is 2.39. The Morgan fingerprint density at radius 3 is 1.65 bits per heavy atom. The summed E-state index contributed by atoms with van der Waals surface area (Å²) in [6, 6.07) is 9.96. The molecule has 0 spiro atoms. The topological polar surface area (TPSA) is 57.2 Å². The van der Waals surface area contributed by atoms with Gasteiger partial charge in [-0.1, -0.05) is 18.2 Å². The Hall–Kier alpha value is -2.37. The highest BCUT2D eigenvalue weighted by Gasteiger charge is 2.14. The number of hydrogen-bond donors (Lipinski definition) is 1. The quantitative estimate of drug-likeness (QED) is 0.807. The Labute approximate surface area is 138 Å². The third kappa shape index (κ3) is 4.31. The van der Waals surface area contributed by atoms with Gasteiger partial charge in [-0.05, 0) is 39.8 Å². The first-order valence-corrected chi connectivity index (χ1v) is 8.29. The minimum atomic E-state index is 0.579. The van der Waals surface area contributed by atoms with Crippen molar-refractivity contribution in [2.24, 2.45) is 0 Å². The second kappa shape index (κ2) is 8.31. The van der Waals surface area contributed by atoms with Crippen molar-refractivity contribution >= 4 is 23.5 Å². The van der Waals surface area contributed by atoms with Crippen LogP contribution in [-0.2, 0) is 0 Å². The molecular formula is C17H26N6. The molecule has 0 saturated heterocycles. The van der Waals surface area contributed by atoms with E-state index in [2.05, 4.69) is 57.8 Å². The highest BCUT2D eigenvalue weighted by molar-refractivity contribution is 5.56. The molecule has 2 rings (SSSR count). The smallest absolute Gasteiger partial charge is 0.233 e. The fourth-order valence-electron chi connectivity index (χ4n) is 2.36. The van der Waals surface area contributed by atoms with Crippen molar-refractivity contribution in [1.29, 1.82) is 0 Å². The van der Waals surface area contributed by atoms with Crippen LogP contribution in [0.2, 0.25) is 0 Å². The molecule has 1 aromatic heterocycles. The summed E-state index contributed by atoms with van der Waals surface area (Å²) in [5.41, 5.74) is 0.967. The van der Waals surface area contributed by atoms with Crippen LogP contribution in [0.15, 0.2) is 30.3 Å². The molecule has 0 radical (unpaired) electrons. The lowest BCUT2D eigenvalue weighted by Crippen LogP contribution is -2.29. The largest absolute Gasteiger partial charge is 0.341 e. The van der Waals surface area contributed by atoms with E-state index in [4.69, 9.17) is 0 Å². The lowest BCUT2D eigenvalue weighted by Gasteiger charge is -2.23. The highest BCUT2D eigenvalue weighted by atomic mass is 15.4. The lowest BCUT2D eigenvalue weighted by atomic mass is 10.3. The lowest BCUT2D eigenvalue weighted by molar-refractivity contribution is 0.779. The maximum absolute atomic E-state index is 4.65. The maximum atomic E-state index is 4.65. The maximum Gasteiger partial charge on any atom is 0.233 e. The summed E-state index contributed by atoms with van der Waals surface area (Å²) in [6.45, 7) is 11.9.